The summed E-state index contributed by atoms with van der Waals surface area (Å²) >= 11 is 13.7. The van der Waals surface area contributed by atoms with Crippen molar-refractivity contribution >= 4 is 70.1 Å². The summed E-state index contributed by atoms with van der Waals surface area (Å²) in [7, 11) is 0. The molecule has 1 atom stereocenters. The Bertz CT molecular complexity index is 1550. The highest BCUT2D eigenvalue weighted by Crippen LogP contribution is 2.27. The van der Waals surface area contributed by atoms with Gasteiger partial charge in [0.25, 0.3) is 11.8 Å². The number of carbonyl (C=O) groups is 3. The predicted octanol–water partition coefficient (Wildman–Crippen LogP) is 7.52. The zero-order valence-electron chi connectivity index (χ0n) is 21.4. The van der Waals surface area contributed by atoms with Crippen LogP contribution in [0.4, 0.5) is 11.4 Å². The normalized spacial score (nSPS) is 11.8. The second-order valence-electron chi connectivity index (χ2n) is 8.64. The molecular weight excluding hydrogens is 565 g/mol. The molecule has 0 bridgehead atoms. The van der Waals surface area contributed by atoms with E-state index in [0.29, 0.717) is 26.9 Å². The molecule has 0 radical (unpaired) electrons. The van der Waals surface area contributed by atoms with Crippen molar-refractivity contribution in [2.24, 2.45) is 0 Å². The van der Waals surface area contributed by atoms with Gasteiger partial charge in [0.15, 0.2) is 0 Å². The van der Waals surface area contributed by atoms with Crippen LogP contribution in [-0.2, 0) is 9.59 Å². The molecular formula is C31H25Cl2N3O3S. The summed E-state index contributed by atoms with van der Waals surface area (Å²) in [6.07, 6.45) is 1.49. The molecule has 0 heterocycles. The largest absolute Gasteiger partial charge is 0.325 e. The summed E-state index contributed by atoms with van der Waals surface area (Å²) in [6.45, 7) is 1.81. The van der Waals surface area contributed by atoms with Crippen molar-refractivity contribution in [2.75, 3.05) is 10.6 Å². The van der Waals surface area contributed by atoms with E-state index in [0.717, 1.165) is 10.6 Å². The van der Waals surface area contributed by atoms with Crippen LogP contribution in [0.15, 0.2) is 114 Å². The van der Waals surface area contributed by atoms with E-state index in [1.807, 2.05) is 43.3 Å². The second kappa shape index (κ2) is 13.8. The number of thioether (sulfide) groups is 1. The number of anilines is 2. The summed E-state index contributed by atoms with van der Waals surface area (Å²) in [4.78, 5) is 39.7. The first-order chi connectivity index (χ1) is 19.3. The van der Waals surface area contributed by atoms with E-state index in [1.54, 1.807) is 66.7 Å². The molecule has 40 heavy (non-hydrogen) atoms. The highest BCUT2D eigenvalue weighted by atomic mass is 35.5. The smallest absolute Gasteiger partial charge is 0.272 e. The Morgan fingerprint density at radius 1 is 0.775 bits per heavy atom. The maximum Gasteiger partial charge on any atom is 0.272 e. The Hall–Kier alpha value is -4.04. The van der Waals surface area contributed by atoms with Gasteiger partial charge in [0.2, 0.25) is 5.91 Å². The van der Waals surface area contributed by atoms with E-state index in [2.05, 4.69) is 16.0 Å². The van der Waals surface area contributed by atoms with Crippen molar-refractivity contribution in [1.29, 1.82) is 0 Å². The minimum absolute atomic E-state index is 0.00765. The molecule has 4 aromatic carbocycles. The monoisotopic (exact) mass is 589 g/mol. The van der Waals surface area contributed by atoms with Crippen LogP contribution in [0.2, 0.25) is 10.0 Å². The molecule has 9 heteroatoms. The number of rotatable bonds is 9. The van der Waals surface area contributed by atoms with Crippen LogP contribution in [0.5, 0.6) is 0 Å². The lowest BCUT2D eigenvalue weighted by Crippen LogP contribution is -2.30. The number of carbonyl (C=O) groups excluding carboxylic acids is 3. The van der Waals surface area contributed by atoms with Crippen LogP contribution in [0.1, 0.15) is 22.8 Å². The minimum atomic E-state index is -0.549. The number of hydrogen-bond donors (Lipinski definition) is 3. The lowest BCUT2D eigenvalue weighted by molar-refractivity contribution is -0.115. The zero-order chi connectivity index (χ0) is 28.5. The first-order valence-electron chi connectivity index (χ1n) is 12.3. The van der Waals surface area contributed by atoms with Gasteiger partial charge in [-0.15, -0.1) is 11.8 Å². The van der Waals surface area contributed by atoms with E-state index in [9.17, 15) is 14.4 Å². The van der Waals surface area contributed by atoms with Crippen molar-refractivity contribution in [3.05, 3.63) is 130 Å². The summed E-state index contributed by atoms with van der Waals surface area (Å²) in [6, 6.07) is 29.8. The summed E-state index contributed by atoms with van der Waals surface area (Å²) < 4.78 is 0. The number of para-hydroxylation sites is 1. The van der Waals surface area contributed by atoms with Crippen molar-refractivity contribution in [1.82, 2.24) is 5.32 Å². The lowest BCUT2D eigenvalue weighted by atomic mass is 10.1. The third-order valence-electron chi connectivity index (χ3n) is 5.61. The summed E-state index contributed by atoms with van der Waals surface area (Å²) in [5.74, 6) is -1.14. The first-order valence-corrected chi connectivity index (χ1v) is 13.9. The molecule has 3 N–H and O–H groups in total. The van der Waals surface area contributed by atoms with Crippen LogP contribution >= 0.6 is 35.0 Å². The van der Waals surface area contributed by atoms with E-state index >= 15 is 0 Å². The van der Waals surface area contributed by atoms with Gasteiger partial charge < -0.3 is 16.0 Å². The maximum absolute atomic E-state index is 13.4. The van der Waals surface area contributed by atoms with Gasteiger partial charge in [-0.25, -0.2) is 0 Å². The number of nitrogens with one attached hydrogen (secondary N) is 3. The lowest BCUT2D eigenvalue weighted by Gasteiger charge is -2.14. The molecule has 1 unspecified atom stereocenters. The highest BCUT2D eigenvalue weighted by Gasteiger charge is 2.18. The Labute approximate surface area is 246 Å². The van der Waals surface area contributed by atoms with Gasteiger partial charge in [-0.3, -0.25) is 14.4 Å². The van der Waals surface area contributed by atoms with Crippen molar-refractivity contribution in [3.63, 3.8) is 0 Å². The average molecular weight is 591 g/mol. The molecule has 0 fully saturated rings. The third kappa shape index (κ3) is 8.23. The molecule has 6 nitrogen and oxygen atoms in total. The van der Waals surface area contributed by atoms with Crippen molar-refractivity contribution in [3.8, 4) is 0 Å². The van der Waals surface area contributed by atoms with Crippen LogP contribution < -0.4 is 16.0 Å². The highest BCUT2D eigenvalue weighted by molar-refractivity contribution is 8.00. The van der Waals surface area contributed by atoms with E-state index in [-0.39, 0.29) is 16.9 Å². The Balaban J connectivity index is 1.51. The number of hydrogen-bond acceptors (Lipinski definition) is 4. The van der Waals surface area contributed by atoms with Crippen LogP contribution in [-0.4, -0.2) is 23.0 Å². The molecule has 0 aliphatic rings. The first kappa shape index (κ1) is 29.0. The van der Waals surface area contributed by atoms with Crippen LogP contribution in [0, 0.1) is 0 Å². The summed E-state index contributed by atoms with van der Waals surface area (Å²) in [5, 5.41) is 8.79. The summed E-state index contributed by atoms with van der Waals surface area (Å²) in [5.41, 5.74) is 2.11. The molecule has 202 valence electrons. The quantitative estimate of drug-likeness (QED) is 0.139. The topological polar surface area (TPSA) is 87.3 Å². The fourth-order valence-electron chi connectivity index (χ4n) is 3.59. The van der Waals surface area contributed by atoms with Gasteiger partial charge in [0.1, 0.15) is 5.70 Å². The van der Waals surface area contributed by atoms with Gasteiger partial charge in [-0.2, -0.15) is 0 Å². The van der Waals surface area contributed by atoms with E-state index in [1.165, 1.54) is 17.8 Å². The molecule has 0 aliphatic heterocycles. The van der Waals surface area contributed by atoms with Gasteiger partial charge in [0, 0.05) is 31.9 Å². The SMILES string of the molecule is CC(Sc1cccc(NC(=O)/C(=C\c2ccc(Cl)cc2Cl)NC(=O)c2ccccc2)c1)C(=O)Nc1ccccc1. The number of halogens is 2. The molecule has 4 rings (SSSR count). The third-order valence-corrected chi connectivity index (χ3v) is 7.26. The van der Waals surface area contributed by atoms with E-state index in [4.69, 9.17) is 23.2 Å². The van der Waals surface area contributed by atoms with Crippen molar-refractivity contribution in [2.45, 2.75) is 17.1 Å². The molecule has 0 aromatic heterocycles. The molecule has 0 saturated heterocycles. The van der Waals surface area contributed by atoms with Gasteiger partial charge in [-0.05, 0) is 73.2 Å². The van der Waals surface area contributed by atoms with Gasteiger partial charge in [0.05, 0.1) is 5.25 Å². The fourth-order valence-corrected chi connectivity index (χ4v) is 4.97. The fraction of sp³-hybridized carbons (Fsp3) is 0.0645. The van der Waals surface area contributed by atoms with Crippen molar-refractivity contribution < 1.29 is 14.4 Å². The molecule has 0 aliphatic carbocycles. The predicted molar refractivity (Wildman–Crippen MR) is 164 cm³/mol. The second-order valence-corrected chi connectivity index (χ2v) is 10.9. The number of benzene rings is 4. The van der Waals surface area contributed by atoms with Gasteiger partial charge in [-0.1, -0.05) is 71.7 Å². The Morgan fingerprint density at radius 2 is 1.45 bits per heavy atom. The number of amides is 3. The Morgan fingerprint density at radius 3 is 2.15 bits per heavy atom. The average Bonchev–Trinajstić information content (AvgIpc) is 2.95. The zero-order valence-corrected chi connectivity index (χ0v) is 23.7. The van der Waals surface area contributed by atoms with Crippen LogP contribution in [0.3, 0.4) is 0 Å². The Kier molecular flexibility index (Phi) is 10.0. The molecule has 3 amide bonds. The maximum atomic E-state index is 13.4. The minimum Gasteiger partial charge on any atom is -0.325 e. The molecule has 0 spiro atoms. The molecule has 0 saturated carbocycles. The standard InChI is InChI=1S/C31H25Cl2N3O3S/c1-20(29(37)34-24-11-6-3-7-12-24)40-26-14-8-13-25(19-26)35-31(39)28(17-22-15-16-23(32)18-27(22)33)36-30(38)21-9-4-2-5-10-21/h2-20H,1H3,(H,34,37)(H,35,39)(H,36,38)/b28-17+. The van der Waals surface area contributed by atoms with E-state index < -0.39 is 11.8 Å². The van der Waals surface area contributed by atoms with Gasteiger partial charge >= 0.3 is 0 Å². The molecule has 4 aromatic rings. The van der Waals surface area contributed by atoms with Crippen LogP contribution in [0.25, 0.3) is 6.08 Å².